The van der Waals surface area contributed by atoms with Crippen molar-refractivity contribution in [2.24, 2.45) is 5.10 Å². The number of hydrogen-bond donors (Lipinski definition) is 1. The van der Waals surface area contributed by atoms with Crippen LogP contribution in [0.2, 0.25) is 10.0 Å². The van der Waals surface area contributed by atoms with Crippen molar-refractivity contribution in [2.45, 2.75) is 19.3 Å². The van der Waals surface area contributed by atoms with Gasteiger partial charge in [0.2, 0.25) is 0 Å². The quantitative estimate of drug-likeness (QED) is 0.515. The fourth-order valence-electron chi connectivity index (χ4n) is 2.07. The van der Waals surface area contributed by atoms with Crippen LogP contribution in [0.25, 0.3) is 0 Å². The molecule has 0 radical (unpaired) electrons. The third-order valence-corrected chi connectivity index (χ3v) is 4.02. The van der Waals surface area contributed by atoms with Crippen molar-refractivity contribution in [1.29, 1.82) is 0 Å². The number of halogens is 2. The zero-order valence-electron chi connectivity index (χ0n) is 11.3. The summed E-state index contributed by atoms with van der Waals surface area (Å²) < 4.78 is 0. The summed E-state index contributed by atoms with van der Waals surface area (Å²) in [6.07, 6.45) is 4.31. The second-order valence-corrected chi connectivity index (χ2v) is 5.48. The van der Waals surface area contributed by atoms with E-state index in [0.717, 1.165) is 19.3 Å². The lowest BCUT2D eigenvalue weighted by atomic mass is 10.1. The SMILES string of the molecule is O=C(N/N=C\c1cccc(Cl)c1Cl)C(=O)N1CCCCC1. The Labute approximate surface area is 132 Å². The molecule has 21 heavy (non-hydrogen) atoms. The van der Waals surface area contributed by atoms with Gasteiger partial charge in [-0.2, -0.15) is 5.10 Å². The van der Waals surface area contributed by atoms with Crippen molar-refractivity contribution in [1.82, 2.24) is 10.3 Å². The number of hydrazone groups is 1. The van der Waals surface area contributed by atoms with Gasteiger partial charge in [-0.15, -0.1) is 0 Å². The van der Waals surface area contributed by atoms with Gasteiger partial charge in [-0.05, 0) is 25.3 Å². The van der Waals surface area contributed by atoms with E-state index >= 15 is 0 Å². The lowest BCUT2D eigenvalue weighted by Crippen LogP contribution is -2.43. The zero-order chi connectivity index (χ0) is 15.2. The van der Waals surface area contributed by atoms with Crippen molar-refractivity contribution in [2.75, 3.05) is 13.1 Å². The van der Waals surface area contributed by atoms with E-state index in [4.69, 9.17) is 23.2 Å². The van der Waals surface area contributed by atoms with Crippen LogP contribution in [0.5, 0.6) is 0 Å². The number of rotatable bonds is 2. The molecule has 1 saturated heterocycles. The topological polar surface area (TPSA) is 61.8 Å². The van der Waals surface area contributed by atoms with E-state index in [1.807, 2.05) is 0 Å². The van der Waals surface area contributed by atoms with Gasteiger partial charge in [0.05, 0.1) is 16.3 Å². The molecule has 0 atom stereocenters. The van der Waals surface area contributed by atoms with E-state index in [1.165, 1.54) is 6.21 Å². The molecule has 0 unspecified atom stereocenters. The maximum absolute atomic E-state index is 11.9. The van der Waals surface area contributed by atoms with Crippen molar-refractivity contribution >= 4 is 41.2 Å². The molecule has 1 aliphatic rings. The minimum absolute atomic E-state index is 0.347. The molecule has 1 aliphatic heterocycles. The number of piperidine rings is 1. The van der Waals surface area contributed by atoms with Crippen molar-refractivity contribution in [3.05, 3.63) is 33.8 Å². The second kappa shape index (κ2) is 7.43. The van der Waals surface area contributed by atoms with Crippen LogP contribution in [0.1, 0.15) is 24.8 Å². The van der Waals surface area contributed by atoms with Crippen molar-refractivity contribution in [3.8, 4) is 0 Å². The predicted molar refractivity (Wildman–Crippen MR) is 82.6 cm³/mol. The fraction of sp³-hybridized carbons (Fsp3) is 0.357. The summed E-state index contributed by atoms with van der Waals surface area (Å²) >= 11 is 11.8. The fourth-order valence-corrected chi connectivity index (χ4v) is 2.43. The molecule has 1 aromatic carbocycles. The average Bonchev–Trinajstić information content (AvgIpc) is 2.51. The van der Waals surface area contributed by atoms with Crippen LogP contribution in [0, 0.1) is 0 Å². The van der Waals surface area contributed by atoms with Crippen LogP contribution in [0.15, 0.2) is 23.3 Å². The normalized spacial score (nSPS) is 15.2. The number of amides is 2. The molecule has 0 aromatic heterocycles. The number of benzene rings is 1. The van der Waals surface area contributed by atoms with Gasteiger partial charge in [-0.3, -0.25) is 9.59 Å². The summed E-state index contributed by atoms with van der Waals surface area (Å²) in [5, 5.41) is 4.49. The number of nitrogens with zero attached hydrogens (tertiary/aromatic N) is 2. The lowest BCUT2D eigenvalue weighted by molar-refractivity contribution is -0.146. The van der Waals surface area contributed by atoms with E-state index < -0.39 is 11.8 Å². The molecule has 2 rings (SSSR count). The van der Waals surface area contributed by atoms with E-state index in [1.54, 1.807) is 23.1 Å². The van der Waals surface area contributed by atoms with Gasteiger partial charge in [0, 0.05) is 18.7 Å². The summed E-state index contributed by atoms with van der Waals surface area (Å²) in [5.41, 5.74) is 2.78. The Morgan fingerprint density at radius 2 is 1.90 bits per heavy atom. The molecule has 0 bridgehead atoms. The van der Waals surface area contributed by atoms with Crippen LogP contribution in [-0.4, -0.2) is 36.0 Å². The molecule has 2 amide bonds. The lowest BCUT2D eigenvalue weighted by Gasteiger charge is -2.25. The first-order valence-electron chi connectivity index (χ1n) is 6.66. The Morgan fingerprint density at radius 3 is 2.62 bits per heavy atom. The van der Waals surface area contributed by atoms with Gasteiger partial charge < -0.3 is 4.90 Å². The summed E-state index contributed by atoms with van der Waals surface area (Å²) in [4.78, 5) is 25.1. The Hall–Kier alpha value is -1.59. The average molecular weight is 328 g/mol. The van der Waals surface area contributed by atoms with Gasteiger partial charge in [0.1, 0.15) is 0 Å². The molecule has 112 valence electrons. The number of nitrogens with one attached hydrogen (secondary N) is 1. The molecule has 5 nitrogen and oxygen atoms in total. The number of carbonyl (C=O) groups excluding carboxylic acids is 2. The summed E-state index contributed by atoms with van der Waals surface area (Å²) in [6.45, 7) is 1.24. The first-order valence-corrected chi connectivity index (χ1v) is 7.41. The highest BCUT2D eigenvalue weighted by molar-refractivity contribution is 6.43. The van der Waals surface area contributed by atoms with E-state index in [-0.39, 0.29) is 0 Å². The Morgan fingerprint density at radius 1 is 1.19 bits per heavy atom. The molecule has 1 heterocycles. The minimum atomic E-state index is -0.744. The molecule has 0 aliphatic carbocycles. The first-order chi connectivity index (χ1) is 10.1. The smallest absolute Gasteiger partial charge is 0.329 e. The maximum Gasteiger partial charge on any atom is 0.329 e. The maximum atomic E-state index is 11.9. The molecule has 1 aromatic rings. The Bertz CT molecular complexity index is 569. The van der Waals surface area contributed by atoms with Crippen LogP contribution in [-0.2, 0) is 9.59 Å². The highest BCUT2D eigenvalue weighted by Crippen LogP contribution is 2.24. The number of carbonyl (C=O) groups is 2. The highest BCUT2D eigenvalue weighted by Gasteiger charge is 2.22. The van der Waals surface area contributed by atoms with Crippen LogP contribution >= 0.6 is 23.2 Å². The third kappa shape index (κ3) is 4.19. The molecule has 1 fully saturated rings. The third-order valence-electron chi connectivity index (χ3n) is 3.19. The summed E-state index contributed by atoms with van der Waals surface area (Å²) in [6, 6.07) is 5.08. The molecule has 0 spiro atoms. The summed E-state index contributed by atoms with van der Waals surface area (Å²) in [5.74, 6) is -1.30. The van der Waals surface area contributed by atoms with E-state index in [9.17, 15) is 9.59 Å². The zero-order valence-corrected chi connectivity index (χ0v) is 12.8. The Balaban J connectivity index is 1.92. The van der Waals surface area contributed by atoms with Crippen LogP contribution in [0.4, 0.5) is 0 Å². The van der Waals surface area contributed by atoms with Gasteiger partial charge in [-0.1, -0.05) is 35.3 Å². The van der Waals surface area contributed by atoms with Crippen molar-refractivity contribution in [3.63, 3.8) is 0 Å². The predicted octanol–water partition coefficient (Wildman–Crippen LogP) is 2.46. The van der Waals surface area contributed by atoms with Gasteiger partial charge in [0.15, 0.2) is 0 Å². The highest BCUT2D eigenvalue weighted by atomic mass is 35.5. The molecular formula is C14H15Cl2N3O2. The molecule has 1 N–H and O–H groups in total. The largest absolute Gasteiger partial charge is 0.334 e. The van der Waals surface area contributed by atoms with E-state index in [0.29, 0.717) is 28.7 Å². The minimum Gasteiger partial charge on any atom is -0.334 e. The Kier molecular flexibility index (Phi) is 5.59. The van der Waals surface area contributed by atoms with Gasteiger partial charge in [0.25, 0.3) is 0 Å². The standard InChI is InChI=1S/C14H15Cl2N3O2/c15-11-6-4-5-10(12(11)16)9-17-18-13(20)14(21)19-7-2-1-3-8-19/h4-6,9H,1-3,7-8H2,(H,18,20)/b17-9-. The van der Waals surface area contributed by atoms with Gasteiger partial charge in [-0.25, -0.2) is 5.43 Å². The van der Waals surface area contributed by atoms with Gasteiger partial charge >= 0.3 is 11.8 Å². The molecule has 7 heteroatoms. The number of hydrogen-bond acceptors (Lipinski definition) is 3. The molecular weight excluding hydrogens is 313 g/mol. The number of likely N-dealkylation sites (tertiary alicyclic amines) is 1. The summed E-state index contributed by atoms with van der Waals surface area (Å²) in [7, 11) is 0. The van der Waals surface area contributed by atoms with Crippen LogP contribution in [0.3, 0.4) is 0 Å². The van der Waals surface area contributed by atoms with Crippen molar-refractivity contribution < 1.29 is 9.59 Å². The second-order valence-electron chi connectivity index (χ2n) is 4.70. The first kappa shape index (κ1) is 15.8. The van der Waals surface area contributed by atoms with Crippen LogP contribution < -0.4 is 5.43 Å². The monoisotopic (exact) mass is 327 g/mol. The van der Waals surface area contributed by atoms with E-state index in [2.05, 4.69) is 10.5 Å². The molecule has 0 saturated carbocycles.